The molecule has 3 aromatic rings. The fourth-order valence-electron chi connectivity index (χ4n) is 3.05. The number of hydrogen-bond donors (Lipinski definition) is 0. The predicted octanol–water partition coefficient (Wildman–Crippen LogP) is 4.39. The van der Waals surface area contributed by atoms with Crippen molar-refractivity contribution >= 4 is 34.3 Å². The summed E-state index contributed by atoms with van der Waals surface area (Å²) in [6.07, 6.45) is 1.70. The highest BCUT2D eigenvalue weighted by Gasteiger charge is 2.18. The first-order valence-corrected chi connectivity index (χ1v) is 9.79. The summed E-state index contributed by atoms with van der Waals surface area (Å²) in [5.74, 6) is 1.38. The van der Waals surface area contributed by atoms with Gasteiger partial charge in [-0.2, -0.15) is 0 Å². The van der Waals surface area contributed by atoms with Gasteiger partial charge in [-0.15, -0.1) is 6.58 Å². The Morgan fingerprint density at radius 1 is 1.33 bits per heavy atom. The summed E-state index contributed by atoms with van der Waals surface area (Å²) in [6, 6.07) is 11.1. The molecule has 0 atom stereocenters. The molecule has 0 saturated heterocycles. The lowest BCUT2D eigenvalue weighted by atomic mass is 10.1. The molecule has 4 rings (SSSR count). The molecule has 0 saturated carbocycles. The molecule has 1 aromatic heterocycles. The van der Waals surface area contributed by atoms with Crippen LogP contribution in [0, 0.1) is 0 Å². The number of hydrogen-bond acceptors (Lipinski definition) is 5. The van der Waals surface area contributed by atoms with Crippen LogP contribution >= 0.6 is 23.4 Å². The van der Waals surface area contributed by atoms with Crippen LogP contribution in [0.2, 0.25) is 5.02 Å². The largest absolute Gasteiger partial charge is 0.467 e. The van der Waals surface area contributed by atoms with E-state index in [9.17, 15) is 4.79 Å². The number of halogens is 1. The minimum atomic E-state index is -0.0687. The van der Waals surface area contributed by atoms with Crippen molar-refractivity contribution in [1.82, 2.24) is 9.55 Å². The van der Waals surface area contributed by atoms with E-state index in [4.69, 9.17) is 21.1 Å². The number of rotatable bonds is 5. The summed E-state index contributed by atoms with van der Waals surface area (Å²) in [5.41, 5.74) is 2.50. The van der Waals surface area contributed by atoms with Crippen molar-refractivity contribution < 1.29 is 9.47 Å². The molecule has 2 aromatic carbocycles. The van der Waals surface area contributed by atoms with Crippen LogP contribution in [0.5, 0.6) is 5.75 Å². The Morgan fingerprint density at radius 3 is 3.04 bits per heavy atom. The topological polar surface area (TPSA) is 53.4 Å². The zero-order chi connectivity index (χ0) is 18.8. The molecular formula is C20H17ClN2O3S. The SMILES string of the molecule is C=CCn1c(SCc2cc(Cl)cc3c2OCOC3)nc2ccccc2c1=O. The number of para-hydroxylation sites is 1. The van der Waals surface area contributed by atoms with Gasteiger partial charge in [-0.25, -0.2) is 4.98 Å². The molecule has 1 aliphatic rings. The molecule has 0 amide bonds. The maximum atomic E-state index is 12.8. The number of allylic oxidation sites excluding steroid dienone is 1. The number of aromatic nitrogens is 2. The fourth-order valence-corrected chi connectivity index (χ4v) is 4.29. The Balaban J connectivity index is 1.72. The summed E-state index contributed by atoms with van der Waals surface area (Å²) in [5, 5.41) is 1.87. The molecule has 2 heterocycles. The van der Waals surface area contributed by atoms with Crippen LogP contribution < -0.4 is 10.3 Å². The van der Waals surface area contributed by atoms with E-state index in [1.54, 1.807) is 16.7 Å². The first-order valence-electron chi connectivity index (χ1n) is 8.42. The minimum absolute atomic E-state index is 0.0687. The number of nitrogens with zero attached hydrogens (tertiary/aromatic N) is 2. The first kappa shape index (κ1) is 18.1. The van der Waals surface area contributed by atoms with Crippen molar-refractivity contribution in [2.24, 2.45) is 0 Å². The second kappa shape index (κ2) is 7.76. The van der Waals surface area contributed by atoms with Crippen LogP contribution in [0.4, 0.5) is 0 Å². The zero-order valence-electron chi connectivity index (χ0n) is 14.5. The summed E-state index contributed by atoms with van der Waals surface area (Å²) >= 11 is 7.72. The van der Waals surface area contributed by atoms with Gasteiger partial charge in [0.15, 0.2) is 11.9 Å². The van der Waals surface area contributed by atoms with E-state index in [-0.39, 0.29) is 12.4 Å². The monoisotopic (exact) mass is 400 g/mol. The van der Waals surface area contributed by atoms with Crippen LogP contribution in [0.15, 0.2) is 59.0 Å². The molecule has 0 spiro atoms. The quantitative estimate of drug-likeness (QED) is 0.361. The van der Waals surface area contributed by atoms with Gasteiger partial charge in [-0.05, 0) is 24.3 Å². The molecule has 0 N–H and O–H groups in total. The Morgan fingerprint density at radius 2 is 2.19 bits per heavy atom. The third kappa shape index (κ3) is 3.60. The molecule has 0 aliphatic carbocycles. The molecule has 27 heavy (non-hydrogen) atoms. The van der Waals surface area contributed by atoms with Gasteiger partial charge in [0, 0.05) is 28.4 Å². The van der Waals surface area contributed by atoms with Gasteiger partial charge < -0.3 is 9.47 Å². The molecule has 0 fully saturated rings. The standard InChI is InChI=1S/C20H17ClN2O3S/c1-2-7-23-19(24)16-5-3-4-6-17(16)22-20(23)27-11-14-9-15(21)8-13-10-25-12-26-18(13)14/h2-6,8-9H,1,7,10-12H2. The zero-order valence-corrected chi connectivity index (χ0v) is 16.1. The van der Waals surface area contributed by atoms with E-state index in [1.807, 2.05) is 30.3 Å². The van der Waals surface area contributed by atoms with E-state index in [1.165, 1.54) is 11.8 Å². The highest BCUT2D eigenvalue weighted by atomic mass is 35.5. The summed E-state index contributed by atoms with van der Waals surface area (Å²) in [6.45, 7) is 4.86. The minimum Gasteiger partial charge on any atom is -0.467 e. The van der Waals surface area contributed by atoms with Gasteiger partial charge in [0.05, 0.1) is 17.5 Å². The average molecular weight is 401 g/mol. The Hall–Kier alpha value is -2.28. The van der Waals surface area contributed by atoms with Crippen molar-refractivity contribution in [3.8, 4) is 5.75 Å². The lowest BCUT2D eigenvalue weighted by Crippen LogP contribution is -2.22. The second-order valence-corrected chi connectivity index (χ2v) is 7.45. The van der Waals surface area contributed by atoms with Gasteiger partial charge in [-0.1, -0.05) is 41.6 Å². The second-order valence-electron chi connectivity index (χ2n) is 6.07. The summed E-state index contributed by atoms with van der Waals surface area (Å²) in [4.78, 5) is 17.5. The van der Waals surface area contributed by atoms with Crippen LogP contribution in [0.3, 0.4) is 0 Å². The molecule has 0 radical (unpaired) electrons. The Labute approximate surface area is 165 Å². The van der Waals surface area contributed by atoms with E-state index >= 15 is 0 Å². The summed E-state index contributed by atoms with van der Waals surface area (Å²) < 4.78 is 12.6. The molecule has 0 unspecified atom stereocenters. The van der Waals surface area contributed by atoms with E-state index in [0.717, 1.165) is 16.9 Å². The fraction of sp³-hybridized carbons (Fsp3) is 0.200. The molecular weight excluding hydrogens is 384 g/mol. The normalized spacial score (nSPS) is 13.2. The number of benzene rings is 2. The average Bonchev–Trinajstić information content (AvgIpc) is 2.68. The Bertz CT molecular complexity index is 1080. The van der Waals surface area contributed by atoms with Crippen molar-refractivity contribution in [1.29, 1.82) is 0 Å². The van der Waals surface area contributed by atoms with E-state index in [2.05, 4.69) is 11.6 Å². The lowest BCUT2D eigenvalue weighted by molar-refractivity contribution is -0.0168. The molecule has 5 nitrogen and oxygen atoms in total. The van der Waals surface area contributed by atoms with Gasteiger partial charge in [0.2, 0.25) is 0 Å². The van der Waals surface area contributed by atoms with Crippen molar-refractivity contribution in [3.63, 3.8) is 0 Å². The number of ether oxygens (including phenoxy) is 2. The maximum Gasteiger partial charge on any atom is 0.262 e. The van der Waals surface area contributed by atoms with E-state index in [0.29, 0.717) is 40.0 Å². The van der Waals surface area contributed by atoms with Gasteiger partial charge in [-0.3, -0.25) is 9.36 Å². The van der Waals surface area contributed by atoms with Crippen LogP contribution in [0.1, 0.15) is 11.1 Å². The van der Waals surface area contributed by atoms with Crippen molar-refractivity contribution in [3.05, 3.63) is 75.6 Å². The first-order chi connectivity index (χ1) is 13.2. The highest BCUT2D eigenvalue weighted by molar-refractivity contribution is 7.98. The maximum absolute atomic E-state index is 12.8. The van der Waals surface area contributed by atoms with Crippen LogP contribution in [-0.2, 0) is 23.6 Å². The molecule has 1 aliphatic heterocycles. The Kier molecular flexibility index (Phi) is 5.20. The summed E-state index contributed by atoms with van der Waals surface area (Å²) in [7, 11) is 0. The molecule has 7 heteroatoms. The predicted molar refractivity (Wildman–Crippen MR) is 107 cm³/mol. The van der Waals surface area contributed by atoms with Gasteiger partial charge in [0.1, 0.15) is 5.75 Å². The van der Waals surface area contributed by atoms with Crippen LogP contribution in [-0.4, -0.2) is 16.3 Å². The lowest BCUT2D eigenvalue weighted by Gasteiger charge is -2.21. The molecule has 0 bridgehead atoms. The highest BCUT2D eigenvalue weighted by Crippen LogP contribution is 2.35. The number of fused-ring (bicyclic) bond motifs is 2. The van der Waals surface area contributed by atoms with Crippen molar-refractivity contribution in [2.45, 2.75) is 24.1 Å². The third-order valence-electron chi connectivity index (χ3n) is 4.25. The number of thioether (sulfide) groups is 1. The van der Waals surface area contributed by atoms with E-state index < -0.39 is 0 Å². The smallest absolute Gasteiger partial charge is 0.262 e. The van der Waals surface area contributed by atoms with Gasteiger partial charge in [0.25, 0.3) is 5.56 Å². The van der Waals surface area contributed by atoms with Crippen molar-refractivity contribution in [2.75, 3.05) is 6.79 Å². The molecule has 138 valence electrons. The van der Waals surface area contributed by atoms with Gasteiger partial charge >= 0.3 is 0 Å². The third-order valence-corrected chi connectivity index (χ3v) is 5.49. The van der Waals surface area contributed by atoms with Crippen LogP contribution in [0.25, 0.3) is 10.9 Å².